The van der Waals surface area contributed by atoms with Gasteiger partial charge in [0.15, 0.2) is 0 Å². The van der Waals surface area contributed by atoms with Crippen LogP contribution in [0, 0.1) is 11.8 Å². The molecule has 7 nitrogen and oxygen atoms in total. The molecule has 3 atom stereocenters. The molecule has 8 heteroatoms. The SMILES string of the molecule is CC1C(C(=O)Nc2cc3cc(Cl)nc(N)c3cn2)C1c1cnn(C)c1. The van der Waals surface area contributed by atoms with Crippen molar-refractivity contribution in [1.29, 1.82) is 0 Å². The van der Waals surface area contributed by atoms with E-state index in [0.29, 0.717) is 22.2 Å². The van der Waals surface area contributed by atoms with Gasteiger partial charge in [-0.3, -0.25) is 9.48 Å². The number of aromatic nitrogens is 4. The number of hydrogen-bond donors (Lipinski definition) is 2. The Hall–Kier alpha value is -2.67. The average molecular weight is 357 g/mol. The second-order valence-electron chi connectivity index (χ2n) is 6.47. The predicted octanol–water partition coefficient (Wildman–Crippen LogP) is 2.59. The molecule has 0 bridgehead atoms. The maximum absolute atomic E-state index is 12.6. The first-order valence-corrected chi connectivity index (χ1v) is 8.33. The van der Waals surface area contributed by atoms with Crippen LogP contribution in [0.4, 0.5) is 11.6 Å². The molecule has 3 unspecified atom stereocenters. The third-order valence-corrected chi connectivity index (χ3v) is 4.95. The Kier molecular flexibility index (Phi) is 3.61. The number of rotatable bonds is 3. The van der Waals surface area contributed by atoms with E-state index >= 15 is 0 Å². The van der Waals surface area contributed by atoms with E-state index in [2.05, 4.69) is 27.3 Å². The van der Waals surface area contributed by atoms with Gasteiger partial charge in [0.05, 0.1) is 6.20 Å². The number of hydrogen-bond acceptors (Lipinski definition) is 5. The predicted molar refractivity (Wildman–Crippen MR) is 96.2 cm³/mol. The molecular weight excluding hydrogens is 340 g/mol. The minimum Gasteiger partial charge on any atom is -0.383 e. The fourth-order valence-electron chi connectivity index (χ4n) is 3.41. The number of fused-ring (bicyclic) bond motifs is 1. The summed E-state index contributed by atoms with van der Waals surface area (Å²) >= 11 is 5.94. The van der Waals surface area contributed by atoms with Gasteiger partial charge in [0, 0.05) is 36.7 Å². The zero-order valence-corrected chi connectivity index (χ0v) is 14.5. The van der Waals surface area contributed by atoms with Gasteiger partial charge in [0.1, 0.15) is 16.8 Å². The Morgan fingerprint density at radius 1 is 1.36 bits per heavy atom. The average Bonchev–Trinajstić information content (AvgIpc) is 3.02. The van der Waals surface area contributed by atoms with Crippen LogP contribution in [0.25, 0.3) is 10.8 Å². The van der Waals surface area contributed by atoms with E-state index in [1.165, 1.54) is 0 Å². The lowest BCUT2D eigenvalue weighted by molar-refractivity contribution is -0.117. The Balaban J connectivity index is 1.54. The summed E-state index contributed by atoms with van der Waals surface area (Å²) in [6, 6.07) is 3.45. The fourth-order valence-corrected chi connectivity index (χ4v) is 3.61. The molecule has 1 aliphatic rings. The highest BCUT2D eigenvalue weighted by atomic mass is 35.5. The molecule has 3 N–H and O–H groups in total. The van der Waals surface area contributed by atoms with Gasteiger partial charge < -0.3 is 11.1 Å². The van der Waals surface area contributed by atoms with E-state index in [4.69, 9.17) is 17.3 Å². The van der Waals surface area contributed by atoms with Crippen LogP contribution in [0.5, 0.6) is 0 Å². The van der Waals surface area contributed by atoms with Gasteiger partial charge in [-0.25, -0.2) is 9.97 Å². The first kappa shape index (κ1) is 15.8. The van der Waals surface area contributed by atoms with E-state index in [9.17, 15) is 4.79 Å². The minimum absolute atomic E-state index is 0.0404. The van der Waals surface area contributed by atoms with Crippen molar-refractivity contribution in [3.63, 3.8) is 0 Å². The standard InChI is InChI=1S/C17H17ClN6O/c1-8-14(10-5-21-24(2)7-10)15(8)17(25)23-13-4-9-3-12(18)22-16(19)11(9)6-20-13/h3-8,14-15H,1-2H3,(H2,19,22)(H,20,23,25). The van der Waals surface area contributed by atoms with Crippen molar-refractivity contribution in [3.05, 3.63) is 41.4 Å². The second kappa shape index (κ2) is 5.70. The summed E-state index contributed by atoms with van der Waals surface area (Å²) in [5.41, 5.74) is 6.93. The van der Waals surface area contributed by atoms with E-state index in [1.54, 1.807) is 23.0 Å². The summed E-state index contributed by atoms with van der Waals surface area (Å²) in [5, 5.41) is 8.87. The molecule has 1 fully saturated rings. The van der Waals surface area contributed by atoms with Gasteiger partial charge in [0.25, 0.3) is 0 Å². The summed E-state index contributed by atoms with van der Waals surface area (Å²) in [7, 11) is 1.87. The van der Waals surface area contributed by atoms with Crippen LogP contribution in [0.2, 0.25) is 5.15 Å². The van der Waals surface area contributed by atoms with Gasteiger partial charge in [-0.15, -0.1) is 0 Å². The largest absolute Gasteiger partial charge is 0.383 e. The second-order valence-corrected chi connectivity index (χ2v) is 6.86. The van der Waals surface area contributed by atoms with Crippen LogP contribution < -0.4 is 11.1 Å². The van der Waals surface area contributed by atoms with Crippen LogP contribution in [0.15, 0.2) is 30.7 Å². The van der Waals surface area contributed by atoms with Crippen molar-refractivity contribution in [1.82, 2.24) is 19.7 Å². The first-order chi connectivity index (χ1) is 11.9. The molecule has 25 heavy (non-hydrogen) atoms. The Morgan fingerprint density at radius 2 is 2.16 bits per heavy atom. The molecule has 3 aromatic heterocycles. The normalized spacial score (nSPS) is 22.1. The van der Waals surface area contributed by atoms with Crippen LogP contribution in [0.3, 0.4) is 0 Å². The van der Waals surface area contributed by atoms with Crippen molar-refractivity contribution in [2.24, 2.45) is 18.9 Å². The van der Waals surface area contributed by atoms with Crippen molar-refractivity contribution in [3.8, 4) is 0 Å². The number of aryl methyl sites for hydroxylation is 1. The van der Waals surface area contributed by atoms with Crippen LogP contribution in [-0.4, -0.2) is 25.7 Å². The van der Waals surface area contributed by atoms with E-state index in [1.807, 2.05) is 19.4 Å². The number of anilines is 2. The summed E-state index contributed by atoms with van der Waals surface area (Å²) < 4.78 is 1.75. The number of carbonyl (C=O) groups excluding carboxylic acids is 1. The lowest BCUT2D eigenvalue weighted by atomic mass is 10.2. The quantitative estimate of drug-likeness (QED) is 0.703. The molecule has 1 amide bonds. The van der Waals surface area contributed by atoms with Gasteiger partial charge in [-0.05, 0) is 29.0 Å². The third kappa shape index (κ3) is 2.80. The fraction of sp³-hybridized carbons (Fsp3) is 0.294. The molecule has 0 saturated heterocycles. The highest BCUT2D eigenvalue weighted by Gasteiger charge is 2.52. The van der Waals surface area contributed by atoms with Gasteiger partial charge in [-0.1, -0.05) is 18.5 Å². The summed E-state index contributed by atoms with van der Waals surface area (Å²) in [6.07, 6.45) is 5.37. The third-order valence-electron chi connectivity index (χ3n) is 4.76. The first-order valence-electron chi connectivity index (χ1n) is 7.95. The molecule has 3 heterocycles. The summed E-state index contributed by atoms with van der Waals surface area (Å²) in [4.78, 5) is 20.9. The number of nitrogen functional groups attached to an aromatic ring is 1. The molecule has 0 spiro atoms. The summed E-state index contributed by atoms with van der Waals surface area (Å²) in [5.74, 6) is 1.15. The molecule has 4 rings (SSSR count). The van der Waals surface area contributed by atoms with E-state index in [-0.39, 0.29) is 23.7 Å². The van der Waals surface area contributed by atoms with Crippen LogP contribution in [-0.2, 0) is 11.8 Å². The maximum atomic E-state index is 12.6. The molecule has 128 valence electrons. The lowest BCUT2D eigenvalue weighted by Gasteiger charge is -2.07. The van der Waals surface area contributed by atoms with Crippen molar-refractivity contribution >= 4 is 39.9 Å². The van der Waals surface area contributed by atoms with E-state index in [0.717, 1.165) is 10.9 Å². The monoisotopic (exact) mass is 356 g/mol. The maximum Gasteiger partial charge on any atom is 0.229 e. The number of carbonyl (C=O) groups is 1. The molecule has 3 aromatic rings. The van der Waals surface area contributed by atoms with Crippen molar-refractivity contribution < 1.29 is 4.79 Å². The number of nitrogens with zero attached hydrogens (tertiary/aromatic N) is 4. The highest BCUT2D eigenvalue weighted by molar-refractivity contribution is 6.30. The number of halogens is 1. The van der Waals surface area contributed by atoms with E-state index < -0.39 is 0 Å². The van der Waals surface area contributed by atoms with Gasteiger partial charge >= 0.3 is 0 Å². The number of nitrogens with one attached hydrogen (secondary N) is 1. The zero-order valence-electron chi connectivity index (χ0n) is 13.8. The smallest absolute Gasteiger partial charge is 0.229 e. The van der Waals surface area contributed by atoms with Gasteiger partial charge in [-0.2, -0.15) is 5.10 Å². The van der Waals surface area contributed by atoms with Crippen molar-refractivity contribution in [2.75, 3.05) is 11.1 Å². The van der Waals surface area contributed by atoms with Gasteiger partial charge in [0.2, 0.25) is 5.91 Å². The Bertz CT molecular complexity index is 984. The van der Waals surface area contributed by atoms with Crippen LogP contribution in [0.1, 0.15) is 18.4 Å². The Morgan fingerprint density at radius 3 is 2.88 bits per heavy atom. The number of pyridine rings is 2. The number of nitrogens with two attached hydrogens (primary N) is 1. The van der Waals surface area contributed by atoms with Crippen molar-refractivity contribution in [2.45, 2.75) is 12.8 Å². The molecular formula is C17H17ClN6O. The molecule has 0 aliphatic heterocycles. The minimum atomic E-state index is -0.0761. The highest BCUT2D eigenvalue weighted by Crippen LogP contribution is 2.54. The lowest BCUT2D eigenvalue weighted by Crippen LogP contribution is -2.16. The molecule has 1 saturated carbocycles. The summed E-state index contributed by atoms with van der Waals surface area (Å²) in [6.45, 7) is 2.07. The number of amides is 1. The van der Waals surface area contributed by atoms with Crippen LogP contribution >= 0.6 is 11.6 Å². The Labute approximate surface area is 149 Å². The topological polar surface area (TPSA) is 98.7 Å². The zero-order chi connectivity index (χ0) is 17.7. The molecule has 1 aliphatic carbocycles. The molecule has 0 radical (unpaired) electrons. The molecule has 0 aromatic carbocycles.